The SMILES string of the molecule is COC(=O)c1ccc(NC(=O)Cn2c(=O)c3nnc(-c4ccc(C)cc4)n3c3ccccc32)cc1. The number of fused-ring (bicyclic) bond motifs is 3. The van der Waals surface area contributed by atoms with E-state index in [1.54, 1.807) is 34.7 Å². The molecule has 35 heavy (non-hydrogen) atoms. The van der Waals surface area contributed by atoms with Crippen molar-refractivity contribution in [2.45, 2.75) is 13.5 Å². The van der Waals surface area contributed by atoms with Gasteiger partial charge >= 0.3 is 5.97 Å². The van der Waals surface area contributed by atoms with Crippen molar-refractivity contribution in [1.82, 2.24) is 19.2 Å². The zero-order valence-electron chi connectivity index (χ0n) is 19.1. The first-order valence-corrected chi connectivity index (χ1v) is 10.9. The second-order valence-corrected chi connectivity index (χ2v) is 8.05. The van der Waals surface area contributed by atoms with Crippen molar-refractivity contribution < 1.29 is 14.3 Å². The van der Waals surface area contributed by atoms with Crippen molar-refractivity contribution in [2.24, 2.45) is 0 Å². The molecule has 0 aliphatic carbocycles. The second kappa shape index (κ2) is 8.86. The van der Waals surface area contributed by atoms with Crippen LogP contribution in [0.5, 0.6) is 0 Å². The zero-order chi connectivity index (χ0) is 24.5. The number of hydrogen-bond acceptors (Lipinski definition) is 6. The van der Waals surface area contributed by atoms with Gasteiger partial charge in [0.05, 0.1) is 23.7 Å². The Hall–Kier alpha value is -4.79. The topological polar surface area (TPSA) is 108 Å². The molecule has 1 N–H and O–H groups in total. The highest BCUT2D eigenvalue weighted by Gasteiger charge is 2.19. The van der Waals surface area contributed by atoms with Gasteiger partial charge in [0.2, 0.25) is 11.6 Å². The molecule has 0 radical (unpaired) electrons. The lowest BCUT2D eigenvalue weighted by atomic mass is 10.1. The Morgan fingerprint density at radius 2 is 1.60 bits per heavy atom. The number of amides is 1. The fraction of sp³-hybridized carbons (Fsp3) is 0.115. The van der Waals surface area contributed by atoms with Crippen molar-refractivity contribution in [3.05, 3.63) is 94.3 Å². The summed E-state index contributed by atoms with van der Waals surface area (Å²) < 4.78 is 7.79. The Bertz CT molecular complexity index is 1630. The van der Waals surface area contributed by atoms with Gasteiger partial charge in [-0.1, -0.05) is 42.0 Å². The molecule has 174 valence electrons. The predicted molar refractivity (Wildman–Crippen MR) is 131 cm³/mol. The van der Waals surface area contributed by atoms with Crippen molar-refractivity contribution in [3.8, 4) is 11.4 Å². The van der Waals surface area contributed by atoms with Gasteiger partial charge in [-0.3, -0.25) is 18.6 Å². The quantitative estimate of drug-likeness (QED) is 0.397. The van der Waals surface area contributed by atoms with Crippen molar-refractivity contribution in [1.29, 1.82) is 0 Å². The number of aryl methyl sites for hydroxylation is 1. The summed E-state index contributed by atoms with van der Waals surface area (Å²) in [6.07, 6.45) is 0. The van der Waals surface area contributed by atoms with Crippen molar-refractivity contribution >= 4 is 34.2 Å². The highest BCUT2D eigenvalue weighted by molar-refractivity contribution is 5.93. The maximum Gasteiger partial charge on any atom is 0.337 e. The Labute approximate surface area is 199 Å². The molecule has 9 heteroatoms. The number of hydrogen-bond donors (Lipinski definition) is 1. The van der Waals surface area contributed by atoms with Gasteiger partial charge in [-0.05, 0) is 43.3 Å². The van der Waals surface area contributed by atoms with Crippen molar-refractivity contribution in [3.63, 3.8) is 0 Å². The minimum atomic E-state index is -0.465. The minimum Gasteiger partial charge on any atom is -0.465 e. The number of esters is 1. The molecule has 2 heterocycles. The molecule has 0 saturated carbocycles. The molecule has 0 spiro atoms. The predicted octanol–water partition coefficient (Wildman–Crippen LogP) is 3.44. The molecule has 1 amide bonds. The molecule has 0 unspecified atom stereocenters. The van der Waals surface area contributed by atoms with Crippen LogP contribution in [0.4, 0.5) is 5.69 Å². The van der Waals surface area contributed by atoms with Crippen LogP contribution in [0.3, 0.4) is 0 Å². The lowest BCUT2D eigenvalue weighted by Crippen LogP contribution is -2.29. The standard InChI is InChI=1S/C26H21N5O4/c1-16-7-9-17(10-8-16)23-28-29-24-25(33)30(20-5-3-4-6-21(20)31(23)24)15-22(32)27-19-13-11-18(12-14-19)26(34)35-2/h3-14H,15H2,1-2H3,(H,27,32). The molecule has 2 aromatic heterocycles. The number of rotatable bonds is 5. The number of para-hydroxylation sites is 2. The Morgan fingerprint density at radius 3 is 2.29 bits per heavy atom. The molecule has 3 aromatic carbocycles. The molecule has 0 fully saturated rings. The highest BCUT2D eigenvalue weighted by atomic mass is 16.5. The minimum absolute atomic E-state index is 0.134. The number of carbonyl (C=O) groups excluding carboxylic acids is 2. The highest BCUT2D eigenvalue weighted by Crippen LogP contribution is 2.23. The Balaban J connectivity index is 1.53. The number of ether oxygens (including phenoxy) is 1. The second-order valence-electron chi connectivity index (χ2n) is 8.05. The lowest BCUT2D eigenvalue weighted by molar-refractivity contribution is -0.116. The molecule has 0 atom stereocenters. The Morgan fingerprint density at radius 1 is 0.914 bits per heavy atom. The van der Waals surface area contributed by atoms with Crippen LogP contribution in [0, 0.1) is 6.92 Å². The van der Waals surface area contributed by atoms with Crippen LogP contribution in [0.2, 0.25) is 0 Å². The van der Waals surface area contributed by atoms with E-state index in [-0.39, 0.29) is 12.2 Å². The summed E-state index contributed by atoms with van der Waals surface area (Å²) >= 11 is 0. The third kappa shape index (κ3) is 4.04. The van der Waals surface area contributed by atoms with E-state index in [0.29, 0.717) is 28.1 Å². The number of anilines is 1. The van der Waals surface area contributed by atoms with E-state index >= 15 is 0 Å². The number of carbonyl (C=O) groups is 2. The van der Waals surface area contributed by atoms with E-state index in [9.17, 15) is 14.4 Å². The summed E-state index contributed by atoms with van der Waals surface area (Å²) in [6.45, 7) is 1.78. The van der Waals surface area contributed by atoms with Gasteiger partial charge in [0.25, 0.3) is 5.56 Å². The lowest BCUT2D eigenvalue weighted by Gasteiger charge is -2.13. The summed E-state index contributed by atoms with van der Waals surface area (Å²) in [5.41, 5.74) is 3.80. The van der Waals surface area contributed by atoms with Gasteiger partial charge in [-0.2, -0.15) is 0 Å². The van der Waals surface area contributed by atoms with E-state index in [0.717, 1.165) is 11.1 Å². The number of aromatic nitrogens is 4. The number of methoxy groups -OCH3 is 1. The van der Waals surface area contributed by atoms with E-state index in [1.807, 2.05) is 49.4 Å². The fourth-order valence-corrected chi connectivity index (χ4v) is 3.96. The van der Waals surface area contributed by atoms with Gasteiger partial charge in [-0.15, -0.1) is 10.2 Å². The summed E-state index contributed by atoms with van der Waals surface area (Å²) in [5.74, 6) is -0.311. The van der Waals surface area contributed by atoms with Crippen LogP contribution in [-0.4, -0.2) is 38.2 Å². The first-order valence-electron chi connectivity index (χ1n) is 10.9. The summed E-state index contributed by atoms with van der Waals surface area (Å²) in [6, 6.07) is 21.4. The molecular formula is C26H21N5O4. The normalized spacial score (nSPS) is 11.0. The van der Waals surface area contributed by atoms with Crippen LogP contribution in [0.25, 0.3) is 28.1 Å². The molecule has 5 aromatic rings. The third-order valence-electron chi connectivity index (χ3n) is 5.71. The van der Waals surface area contributed by atoms with E-state index in [2.05, 4.69) is 20.3 Å². The smallest absolute Gasteiger partial charge is 0.337 e. The molecule has 0 aliphatic heterocycles. The Kier molecular flexibility index (Phi) is 5.58. The summed E-state index contributed by atoms with van der Waals surface area (Å²) in [7, 11) is 1.30. The fourth-order valence-electron chi connectivity index (χ4n) is 3.96. The maximum atomic E-state index is 13.4. The van der Waals surface area contributed by atoms with Crippen LogP contribution in [0.15, 0.2) is 77.6 Å². The summed E-state index contributed by atoms with van der Waals surface area (Å²) in [4.78, 5) is 37.8. The first-order chi connectivity index (χ1) is 17.0. The summed E-state index contributed by atoms with van der Waals surface area (Å²) in [5, 5.41) is 11.2. The van der Waals surface area contributed by atoms with Gasteiger partial charge in [0.1, 0.15) is 6.54 Å². The molecule has 0 aliphatic rings. The van der Waals surface area contributed by atoms with Gasteiger partial charge < -0.3 is 10.1 Å². The first kappa shape index (κ1) is 22.0. The largest absolute Gasteiger partial charge is 0.465 e. The van der Waals surface area contributed by atoms with E-state index in [4.69, 9.17) is 0 Å². The average Bonchev–Trinajstić information content (AvgIpc) is 3.32. The molecule has 0 bridgehead atoms. The van der Waals surface area contributed by atoms with Crippen molar-refractivity contribution in [2.75, 3.05) is 12.4 Å². The zero-order valence-corrected chi connectivity index (χ0v) is 19.1. The van der Waals surface area contributed by atoms with Crippen LogP contribution in [0.1, 0.15) is 15.9 Å². The molecule has 0 saturated heterocycles. The van der Waals surface area contributed by atoms with E-state index < -0.39 is 17.4 Å². The van der Waals surface area contributed by atoms with Gasteiger partial charge in [0.15, 0.2) is 5.82 Å². The monoisotopic (exact) mass is 467 g/mol. The maximum absolute atomic E-state index is 13.4. The number of nitrogens with one attached hydrogen (secondary N) is 1. The van der Waals surface area contributed by atoms with Crippen LogP contribution >= 0.6 is 0 Å². The molecule has 5 rings (SSSR count). The third-order valence-corrected chi connectivity index (χ3v) is 5.71. The van der Waals surface area contributed by atoms with Gasteiger partial charge in [0, 0.05) is 11.3 Å². The van der Waals surface area contributed by atoms with Crippen LogP contribution in [-0.2, 0) is 16.1 Å². The average molecular weight is 467 g/mol. The molecule has 9 nitrogen and oxygen atoms in total. The molecular weight excluding hydrogens is 446 g/mol. The van der Waals surface area contributed by atoms with Crippen LogP contribution < -0.4 is 10.9 Å². The van der Waals surface area contributed by atoms with E-state index in [1.165, 1.54) is 11.7 Å². The number of benzene rings is 3. The number of nitrogens with zero attached hydrogens (tertiary/aromatic N) is 4. The van der Waals surface area contributed by atoms with Gasteiger partial charge in [-0.25, -0.2) is 4.79 Å².